The minimum Gasteiger partial charge on any atom is -0.398 e. The third-order valence-electron chi connectivity index (χ3n) is 2.44. The average molecular weight is 220 g/mol. The minimum absolute atomic E-state index is 0.949. The molecular weight excluding hydrogens is 196 g/mol. The van der Waals surface area contributed by atoms with Crippen LogP contribution in [0.3, 0.4) is 0 Å². The second-order valence-electron chi connectivity index (χ2n) is 3.23. The van der Waals surface area contributed by atoms with Gasteiger partial charge in [-0.05, 0) is 18.5 Å². The molecule has 86 valence electrons. The van der Waals surface area contributed by atoms with E-state index in [0.29, 0.717) is 0 Å². The molecule has 0 amide bonds. The molecule has 0 aliphatic rings. The fraction of sp³-hybridized carbons (Fsp3) is 1.00. The van der Waals surface area contributed by atoms with Crippen molar-refractivity contribution in [3.8, 4) is 0 Å². The first-order valence-electron chi connectivity index (χ1n) is 5.30. The van der Waals surface area contributed by atoms with E-state index in [1.54, 1.807) is 14.2 Å². The molecule has 0 radical (unpaired) electrons. The highest BCUT2D eigenvalue weighted by molar-refractivity contribution is 6.67. The Morgan fingerprint density at radius 2 is 1.71 bits per heavy atom. The summed E-state index contributed by atoms with van der Waals surface area (Å²) in [6.07, 6.45) is 1.09. The van der Waals surface area contributed by atoms with Gasteiger partial charge >= 0.3 is 8.56 Å². The average Bonchev–Trinajstić information content (AvgIpc) is 2.24. The second-order valence-corrected chi connectivity index (χ2v) is 7.08. The summed E-state index contributed by atoms with van der Waals surface area (Å²) < 4.78 is 11.0. The van der Waals surface area contributed by atoms with Gasteiger partial charge in [-0.25, -0.2) is 0 Å². The molecule has 0 aliphatic heterocycles. The maximum absolute atomic E-state index is 5.51. The third kappa shape index (κ3) is 5.07. The zero-order valence-corrected chi connectivity index (χ0v) is 10.9. The Morgan fingerprint density at radius 1 is 1.07 bits per heavy atom. The van der Waals surface area contributed by atoms with Crippen molar-refractivity contribution in [3.05, 3.63) is 0 Å². The summed E-state index contributed by atoms with van der Waals surface area (Å²) in [5.41, 5.74) is 6.21. The van der Waals surface area contributed by atoms with E-state index >= 15 is 0 Å². The summed E-state index contributed by atoms with van der Waals surface area (Å²) in [6.45, 7) is 6.12. The molecule has 0 saturated heterocycles. The van der Waals surface area contributed by atoms with E-state index in [-0.39, 0.29) is 0 Å². The lowest BCUT2D eigenvalue weighted by atomic mass is 10.5. The molecule has 14 heavy (non-hydrogen) atoms. The molecule has 0 fully saturated rings. The van der Waals surface area contributed by atoms with E-state index in [0.717, 1.165) is 31.6 Å². The Balaban J connectivity index is 3.61. The molecule has 0 unspecified atom stereocenters. The fourth-order valence-corrected chi connectivity index (χ4v) is 3.63. The van der Waals surface area contributed by atoms with E-state index in [2.05, 4.69) is 24.7 Å². The Labute approximate surface area is 88.6 Å². The summed E-state index contributed by atoms with van der Waals surface area (Å²) in [7, 11) is 1.68. The Hall–Kier alpha value is 0.0569. The number of hydrogen-bond acceptors (Lipinski definition) is 4. The first kappa shape index (κ1) is 14.1. The molecule has 0 bridgehead atoms. The van der Waals surface area contributed by atoms with E-state index in [4.69, 9.17) is 8.85 Å². The van der Waals surface area contributed by atoms with Crippen LogP contribution in [0.5, 0.6) is 0 Å². The number of hydrogen-bond donors (Lipinski definition) is 2. The summed E-state index contributed by atoms with van der Waals surface area (Å²) in [4.78, 5) is 0. The molecule has 0 rings (SSSR count). The largest absolute Gasteiger partial charge is 0.398 e. The van der Waals surface area contributed by atoms with Gasteiger partial charge in [0.15, 0.2) is 0 Å². The second kappa shape index (κ2) is 8.37. The van der Waals surface area contributed by atoms with Gasteiger partial charge in [0.2, 0.25) is 0 Å². The monoisotopic (exact) mass is 220 g/mol. The molecule has 4 nitrogen and oxygen atoms in total. The number of hydrazine groups is 1. The quantitative estimate of drug-likeness (QED) is 0.349. The molecule has 0 aliphatic carbocycles. The van der Waals surface area contributed by atoms with Gasteiger partial charge < -0.3 is 8.85 Å². The van der Waals surface area contributed by atoms with Gasteiger partial charge in [0, 0.05) is 27.3 Å². The highest BCUT2D eigenvalue weighted by Crippen LogP contribution is 2.18. The lowest BCUT2D eigenvalue weighted by Gasteiger charge is -2.25. The van der Waals surface area contributed by atoms with Crippen molar-refractivity contribution in [2.24, 2.45) is 0 Å². The zero-order chi connectivity index (χ0) is 10.9. The van der Waals surface area contributed by atoms with Gasteiger partial charge in [0.1, 0.15) is 0 Å². The first-order chi connectivity index (χ1) is 6.74. The van der Waals surface area contributed by atoms with Gasteiger partial charge in [-0.15, -0.1) is 0 Å². The van der Waals surface area contributed by atoms with Crippen molar-refractivity contribution in [3.63, 3.8) is 0 Å². The van der Waals surface area contributed by atoms with Crippen molar-refractivity contribution >= 4 is 8.56 Å². The van der Waals surface area contributed by atoms with Crippen LogP contribution in [-0.4, -0.2) is 35.9 Å². The first-order valence-corrected chi connectivity index (χ1v) is 7.53. The van der Waals surface area contributed by atoms with Crippen LogP contribution >= 0.6 is 0 Å². The van der Waals surface area contributed by atoms with Crippen LogP contribution in [0, 0.1) is 0 Å². The summed E-state index contributed by atoms with van der Waals surface area (Å²) in [5, 5.41) is 0. The normalized spacial score (nSPS) is 12.0. The fourth-order valence-electron chi connectivity index (χ4n) is 1.41. The standard InChI is InChI=1S/C9H24N2O2Si/c1-5-10-11-8-7-9-14(6-2,12-3)13-4/h10-11H,5-9H2,1-4H3. The van der Waals surface area contributed by atoms with Gasteiger partial charge in [0.05, 0.1) is 0 Å². The highest BCUT2D eigenvalue weighted by Gasteiger charge is 2.32. The third-order valence-corrected chi connectivity index (χ3v) is 6.12. The number of rotatable bonds is 9. The van der Waals surface area contributed by atoms with Gasteiger partial charge in [-0.3, -0.25) is 10.9 Å². The van der Waals surface area contributed by atoms with Gasteiger partial charge in [0.25, 0.3) is 0 Å². The Bertz CT molecular complexity index is 124. The molecule has 5 heteroatoms. The SMILES string of the molecule is CCNNCCC[Si](CC)(OC)OC. The molecule has 0 aromatic carbocycles. The van der Waals surface area contributed by atoms with E-state index < -0.39 is 8.56 Å². The molecule has 0 aromatic rings. The van der Waals surface area contributed by atoms with Gasteiger partial charge in [-0.2, -0.15) is 0 Å². The summed E-state index contributed by atoms with van der Waals surface area (Å²) in [6, 6.07) is 2.07. The van der Waals surface area contributed by atoms with Crippen molar-refractivity contribution in [1.29, 1.82) is 0 Å². The van der Waals surface area contributed by atoms with E-state index in [1.807, 2.05) is 0 Å². The van der Waals surface area contributed by atoms with Gasteiger partial charge in [-0.1, -0.05) is 13.8 Å². The van der Waals surface area contributed by atoms with Crippen LogP contribution in [0.2, 0.25) is 12.1 Å². The van der Waals surface area contributed by atoms with Crippen LogP contribution in [0.1, 0.15) is 20.3 Å². The molecule has 0 spiro atoms. The summed E-state index contributed by atoms with van der Waals surface area (Å²) >= 11 is 0. The molecule has 2 N–H and O–H groups in total. The molecular formula is C9H24N2O2Si. The summed E-state index contributed by atoms with van der Waals surface area (Å²) in [5.74, 6) is 0. The predicted molar refractivity (Wildman–Crippen MR) is 61.4 cm³/mol. The van der Waals surface area contributed by atoms with Crippen molar-refractivity contribution in [2.45, 2.75) is 32.4 Å². The van der Waals surface area contributed by atoms with Crippen LogP contribution in [0.25, 0.3) is 0 Å². The maximum atomic E-state index is 5.51. The van der Waals surface area contributed by atoms with Crippen molar-refractivity contribution < 1.29 is 8.85 Å². The molecule has 0 aromatic heterocycles. The molecule has 0 saturated carbocycles. The van der Waals surface area contributed by atoms with Crippen molar-refractivity contribution in [2.75, 3.05) is 27.3 Å². The maximum Gasteiger partial charge on any atom is 0.337 e. The minimum atomic E-state index is -1.85. The van der Waals surface area contributed by atoms with Crippen molar-refractivity contribution in [1.82, 2.24) is 10.9 Å². The van der Waals surface area contributed by atoms with Crippen LogP contribution < -0.4 is 10.9 Å². The topological polar surface area (TPSA) is 42.5 Å². The van der Waals surface area contributed by atoms with Crippen LogP contribution in [0.4, 0.5) is 0 Å². The smallest absolute Gasteiger partial charge is 0.337 e. The lowest BCUT2D eigenvalue weighted by Crippen LogP contribution is -2.40. The Kier molecular flexibility index (Phi) is 8.41. The van der Waals surface area contributed by atoms with E-state index in [1.165, 1.54) is 0 Å². The zero-order valence-electron chi connectivity index (χ0n) is 9.85. The number of nitrogens with one attached hydrogen (secondary N) is 2. The van der Waals surface area contributed by atoms with Crippen LogP contribution in [-0.2, 0) is 8.85 Å². The van der Waals surface area contributed by atoms with Crippen LogP contribution in [0.15, 0.2) is 0 Å². The predicted octanol–water partition coefficient (Wildman–Crippen LogP) is 1.25. The molecule has 0 heterocycles. The highest BCUT2D eigenvalue weighted by atomic mass is 28.4. The van der Waals surface area contributed by atoms with E-state index in [9.17, 15) is 0 Å². The lowest BCUT2D eigenvalue weighted by molar-refractivity contribution is 0.241. The Morgan fingerprint density at radius 3 is 2.14 bits per heavy atom. The molecule has 0 atom stereocenters.